The van der Waals surface area contributed by atoms with Crippen molar-refractivity contribution in [2.75, 3.05) is 5.75 Å². The molecule has 1 N–H and O–H groups in total. The third kappa shape index (κ3) is 2.51. The van der Waals surface area contributed by atoms with Crippen molar-refractivity contribution >= 4 is 22.2 Å². The van der Waals surface area contributed by atoms with Crippen LogP contribution in [-0.2, 0) is 16.4 Å². The molecule has 1 heterocycles. The zero-order chi connectivity index (χ0) is 10.2. The summed E-state index contributed by atoms with van der Waals surface area (Å²) in [7, 11) is -3.09. The van der Waals surface area contributed by atoms with E-state index < -0.39 is 9.84 Å². The Labute approximate surface area is 96.2 Å². The minimum Gasteiger partial charge on any atom is -0.309 e. The fraction of sp³-hybridized carbons (Fsp3) is 0.400. The maximum absolute atomic E-state index is 11.9. The molecule has 1 aliphatic rings. The standard InChI is InChI=1S/C10H13NO2S.ClH/c1-8-7-14(12,13)10-5-3-2-4-9(10)6-11-8;/h2-5,8,11H,6-7H2,1H3;1H. The summed E-state index contributed by atoms with van der Waals surface area (Å²) < 4.78 is 23.7. The van der Waals surface area contributed by atoms with Crippen LogP contribution in [0.25, 0.3) is 0 Å². The number of sulfone groups is 1. The van der Waals surface area contributed by atoms with E-state index >= 15 is 0 Å². The number of hydrogen-bond donors (Lipinski definition) is 1. The largest absolute Gasteiger partial charge is 0.309 e. The lowest BCUT2D eigenvalue weighted by molar-refractivity contribution is 0.570. The summed E-state index contributed by atoms with van der Waals surface area (Å²) in [6, 6.07) is 7.20. The molecule has 0 amide bonds. The molecule has 0 aromatic heterocycles. The van der Waals surface area contributed by atoms with E-state index in [1.807, 2.05) is 19.1 Å². The van der Waals surface area contributed by atoms with Crippen LogP contribution in [0.1, 0.15) is 12.5 Å². The summed E-state index contributed by atoms with van der Waals surface area (Å²) in [5.74, 6) is 0.185. The second kappa shape index (κ2) is 4.51. The van der Waals surface area contributed by atoms with Crippen LogP contribution >= 0.6 is 12.4 Å². The second-order valence-corrected chi connectivity index (χ2v) is 5.67. The molecule has 1 atom stereocenters. The average molecular weight is 248 g/mol. The molecule has 0 bridgehead atoms. The van der Waals surface area contributed by atoms with Crippen molar-refractivity contribution in [3.8, 4) is 0 Å². The number of rotatable bonds is 0. The Balaban J connectivity index is 0.00000112. The highest BCUT2D eigenvalue weighted by molar-refractivity contribution is 7.91. The Hall–Kier alpha value is -0.580. The molecule has 0 radical (unpaired) electrons. The van der Waals surface area contributed by atoms with Crippen molar-refractivity contribution in [3.05, 3.63) is 29.8 Å². The molecule has 0 spiro atoms. The Bertz CT molecular complexity index is 444. The van der Waals surface area contributed by atoms with Crippen LogP contribution < -0.4 is 5.32 Å². The minimum atomic E-state index is -3.09. The molecule has 1 unspecified atom stereocenters. The van der Waals surface area contributed by atoms with E-state index in [9.17, 15) is 8.42 Å². The first kappa shape index (κ1) is 12.5. The molecule has 0 saturated heterocycles. The number of nitrogens with one attached hydrogen (secondary N) is 1. The van der Waals surface area contributed by atoms with E-state index in [0.717, 1.165) is 5.56 Å². The van der Waals surface area contributed by atoms with Crippen LogP contribution in [0.2, 0.25) is 0 Å². The molecular formula is C10H14ClNO2S. The minimum absolute atomic E-state index is 0. The van der Waals surface area contributed by atoms with Crippen LogP contribution in [0.3, 0.4) is 0 Å². The van der Waals surface area contributed by atoms with Crippen molar-refractivity contribution in [3.63, 3.8) is 0 Å². The highest BCUT2D eigenvalue weighted by atomic mass is 35.5. The SMILES string of the molecule is CC1CS(=O)(=O)c2ccccc2CN1.Cl. The fourth-order valence-electron chi connectivity index (χ4n) is 1.72. The van der Waals surface area contributed by atoms with Crippen molar-refractivity contribution in [1.82, 2.24) is 5.32 Å². The first-order valence-electron chi connectivity index (χ1n) is 4.63. The van der Waals surface area contributed by atoms with Crippen molar-refractivity contribution in [2.45, 2.75) is 24.4 Å². The van der Waals surface area contributed by atoms with Gasteiger partial charge in [-0.25, -0.2) is 8.42 Å². The summed E-state index contributed by atoms with van der Waals surface area (Å²) in [6.45, 7) is 2.53. The molecule has 1 aliphatic heterocycles. The van der Waals surface area contributed by atoms with Gasteiger partial charge in [-0.15, -0.1) is 12.4 Å². The van der Waals surface area contributed by atoms with Gasteiger partial charge < -0.3 is 5.32 Å². The van der Waals surface area contributed by atoms with Gasteiger partial charge in [0, 0.05) is 12.6 Å². The monoisotopic (exact) mass is 247 g/mol. The molecule has 5 heteroatoms. The Morgan fingerprint density at radius 3 is 2.73 bits per heavy atom. The normalized spacial score (nSPS) is 23.4. The van der Waals surface area contributed by atoms with Gasteiger partial charge in [-0.3, -0.25) is 0 Å². The first-order valence-corrected chi connectivity index (χ1v) is 6.29. The number of halogens is 1. The number of hydrogen-bond acceptors (Lipinski definition) is 3. The molecule has 1 aromatic carbocycles. The van der Waals surface area contributed by atoms with Crippen molar-refractivity contribution in [2.24, 2.45) is 0 Å². The van der Waals surface area contributed by atoms with Gasteiger partial charge in [0.1, 0.15) is 0 Å². The Morgan fingerprint density at radius 1 is 1.33 bits per heavy atom. The van der Waals surface area contributed by atoms with Gasteiger partial charge >= 0.3 is 0 Å². The maximum Gasteiger partial charge on any atom is 0.180 e. The van der Waals surface area contributed by atoms with Crippen LogP contribution in [0.15, 0.2) is 29.2 Å². The van der Waals surface area contributed by atoms with E-state index in [2.05, 4.69) is 5.32 Å². The molecular weight excluding hydrogens is 234 g/mol. The quantitative estimate of drug-likeness (QED) is 0.753. The molecule has 0 aliphatic carbocycles. The predicted octanol–water partition coefficient (Wildman–Crippen LogP) is 1.37. The van der Waals surface area contributed by atoms with E-state index in [4.69, 9.17) is 0 Å². The smallest absolute Gasteiger partial charge is 0.180 e. The lowest BCUT2D eigenvalue weighted by atomic mass is 10.2. The summed E-state index contributed by atoms with van der Waals surface area (Å²) in [5, 5.41) is 3.18. The molecule has 2 rings (SSSR count). The summed E-state index contributed by atoms with van der Waals surface area (Å²) in [4.78, 5) is 0.483. The summed E-state index contributed by atoms with van der Waals surface area (Å²) in [5.41, 5.74) is 0.872. The molecule has 15 heavy (non-hydrogen) atoms. The van der Waals surface area contributed by atoms with E-state index in [1.54, 1.807) is 12.1 Å². The van der Waals surface area contributed by atoms with Gasteiger partial charge in [0.15, 0.2) is 9.84 Å². The zero-order valence-corrected chi connectivity index (χ0v) is 10.1. The molecule has 0 saturated carbocycles. The average Bonchev–Trinajstić information content (AvgIpc) is 2.24. The lowest BCUT2D eigenvalue weighted by Crippen LogP contribution is -2.29. The van der Waals surface area contributed by atoms with Crippen LogP contribution in [-0.4, -0.2) is 20.2 Å². The molecule has 0 fully saturated rings. The van der Waals surface area contributed by atoms with Gasteiger partial charge in [-0.2, -0.15) is 0 Å². The van der Waals surface area contributed by atoms with Gasteiger partial charge in [-0.05, 0) is 18.6 Å². The van der Waals surface area contributed by atoms with Crippen LogP contribution in [0.4, 0.5) is 0 Å². The van der Waals surface area contributed by atoms with Crippen LogP contribution in [0.5, 0.6) is 0 Å². The van der Waals surface area contributed by atoms with Gasteiger partial charge in [0.2, 0.25) is 0 Å². The second-order valence-electron chi connectivity index (χ2n) is 3.67. The maximum atomic E-state index is 11.9. The fourth-order valence-corrected chi connectivity index (χ4v) is 3.50. The summed E-state index contributed by atoms with van der Waals surface area (Å²) in [6.07, 6.45) is 0. The molecule has 3 nitrogen and oxygen atoms in total. The van der Waals surface area contributed by atoms with E-state index in [0.29, 0.717) is 11.4 Å². The Morgan fingerprint density at radius 2 is 2.00 bits per heavy atom. The van der Waals surface area contributed by atoms with Gasteiger partial charge in [0.25, 0.3) is 0 Å². The summed E-state index contributed by atoms with van der Waals surface area (Å²) >= 11 is 0. The number of fused-ring (bicyclic) bond motifs is 1. The molecule has 84 valence electrons. The highest BCUT2D eigenvalue weighted by Gasteiger charge is 2.24. The van der Waals surface area contributed by atoms with Gasteiger partial charge in [0.05, 0.1) is 10.6 Å². The number of benzene rings is 1. The van der Waals surface area contributed by atoms with Crippen molar-refractivity contribution < 1.29 is 8.42 Å². The van der Waals surface area contributed by atoms with Crippen molar-refractivity contribution in [1.29, 1.82) is 0 Å². The zero-order valence-electron chi connectivity index (χ0n) is 8.43. The lowest BCUT2D eigenvalue weighted by Gasteiger charge is -2.06. The molecule has 1 aromatic rings. The Kier molecular flexibility index (Phi) is 3.76. The first-order chi connectivity index (χ1) is 6.59. The van der Waals surface area contributed by atoms with E-state index in [-0.39, 0.29) is 24.2 Å². The van der Waals surface area contributed by atoms with Crippen LogP contribution in [0, 0.1) is 0 Å². The topological polar surface area (TPSA) is 46.2 Å². The highest BCUT2D eigenvalue weighted by Crippen LogP contribution is 2.20. The third-order valence-corrected chi connectivity index (χ3v) is 4.43. The van der Waals surface area contributed by atoms with E-state index in [1.165, 1.54) is 0 Å². The third-order valence-electron chi connectivity index (χ3n) is 2.42. The van der Waals surface area contributed by atoms with Gasteiger partial charge in [-0.1, -0.05) is 18.2 Å². The predicted molar refractivity (Wildman–Crippen MR) is 62.0 cm³/mol.